The second kappa shape index (κ2) is 6.97. The van der Waals surface area contributed by atoms with Crippen molar-refractivity contribution in [2.45, 2.75) is 26.7 Å². The molecule has 0 saturated carbocycles. The fraction of sp³-hybridized carbons (Fsp3) is 0.875. The molecule has 0 aromatic rings. The van der Waals surface area contributed by atoms with E-state index in [1.54, 1.807) is 23.5 Å². The van der Waals surface area contributed by atoms with Crippen LogP contribution >= 0.6 is 31.3 Å². The molecule has 4 nitrogen and oxygen atoms in total. The standard InChI is InChI=1S/C8H16NO3PS2/c1-3-5-11-13(10,12-6-4-2)9-8-14-7-15-8/h3-7H2,1-2H3. The lowest BCUT2D eigenvalue weighted by Gasteiger charge is -2.18. The van der Waals surface area contributed by atoms with Gasteiger partial charge in [0.15, 0.2) is 0 Å². The van der Waals surface area contributed by atoms with Crippen LogP contribution in [0.2, 0.25) is 0 Å². The molecule has 0 aromatic heterocycles. The molecule has 88 valence electrons. The van der Waals surface area contributed by atoms with Gasteiger partial charge < -0.3 is 0 Å². The van der Waals surface area contributed by atoms with Crippen LogP contribution in [0.5, 0.6) is 0 Å². The van der Waals surface area contributed by atoms with Crippen LogP contribution in [0.4, 0.5) is 0 Å². The summed E-state index contributed by atoms with van der Waals surface area (Å²) < 4.78 is 27.3. The minimum absolute atomic E-state index is 0.424. The fourth-order valence-corrected chi connectivity index (χ4v) is 3.95. The summed E-state index contributed by atoms with van der Waals surface area (Å²) in [6, 6.07) is 0. The molecule has 1 saturated heterocycles. The van der Waals surface area contributed by atoms with Gasteiger partial charge in [-0.2, -0.15) is 4.76 Å². The SMILES string of the molecule is CCCOP(=O)(N=C1SCS1)OCCC. The third kappa shape index (κ3) is 4.91. The summed E-state index contributed by atoms with van der Waals surface area (Å²) >= 11 is 3.16. The highest BCUT2D eigenvalue weighted by atomic mass is 32.3. The molecular formula is C8H16NO3PS2. The van der Waals surface area contributed by atoms with E-state index in [4.69, 9.17) is 9.05 Å². The van der Waals surface area contributed by atoms with Gasteiger partial charge in [0.25, 0.3) is 0 Å². The molecule has 1 rings (SSSR count). The summed E-state index contributed by atoms with van der Waals surface area (Å²) in [5, 5.41) is 0.973. The van der Waals surface area contributed by atoms with E-state index in [-0.39, 0.29) is 0 Å². The highest BCUT2D eigenvalue weighted by Crippen LogP contribution is 2.53. The van der Waals surface area contributed by atoms with Gasteiger partial charge >= 0.3 is 7.75 Å². The Morgan fingerprint density at radius 2 is 1.80 bits per heavy atom. The minimum Gasteiger partial charge on any atom is -0.291 e. The average Bonchev–Trinajstić information content (AvgIpc) is 2.18. The van der Waals surface area contributed by atoms with Crippen LogP contribution in [0.3, 0.4) is 0 Å². The van der Waals surface area contributed by atoms with Crippen molar-refractivity contribution >= 4 is 35.6 Å². The third-order valence-corrected chi connectivity index (χ3v) is 5.55. The highest BCUT2D eigenvalue weighted by molar-refractivity contribution is 8.52. The van der Waals surface area contributed by atoms with Crippen molar-refractivity contribution in [3.63, 3.8) is 0 Å². The zero-order chi connectivity index (χ0) is 11.1. The number of rotatable bonds is 7. The molecule has 0 atom stereocenters. The van der Waals surface area contributed by atoms with Gasteiger partial charge in [0.1, 0.15) is 4.38 Å². The zero-order valence-electron chi connectivity index (χ0n) is 8.97. The van der Waals surface area contributed by atoms with Gasteiger partial charge in [0.05, 0.1) is 18.3 Å². The third-order valence-electron chi connectivity index (χ3n) is 1.49. The van der Waals surface area contributed by atoms with Gasteiger partial charge in [-0.25, -0.2) is 4.57 Å². The van der Waals surface area contributed by atoms with Crippen LogP contribution in [-0.4, -0.2) is 22.7 Å². The van der Waals surface area contributed by atoms with Gasteiger partial charge in [-0.1, -0.05) is 37.4 Å². The van der Waals surface area contributed by atoms with E-state index in [9.17, 15) is 4.57 Å². The molecule has 0 spiro atoms. The van der Waals surface area contributed by atoms with Crippen LogP contribution in [0.25, 0.3) is 0 Å². The minimum atomic E-state index is -3.23. The van der Waals surface area contributed by atoms with Crippen molar-refractivity contribution in [3.05, 3.63) is 0 Å². The first-order chi connectivity index (χ1) is 7.20. The van der Waals surface area contributed by atoms with Crippen LogP contribution in [0.15, 0.2) is 4.76 Å². The molecule has 1 heterocycles. The molecule has 7 heteroatoms. The lowest BCUT2D eigenvalue weighted by atomic mass is 10.5. The maximum atomic E-state index is 12.1. The fourth-order valence-electron chi connectivity index (χ4n) is 0.778. The molecule has 1 fully saturated rings. The van der Waals surface area contributed by atoms with Crippen LogP contribution in [-0.2, 0) is 13.6 Å². The molecule has 1 aliphatic rings. The summed E-state index contributed by atoms with van der Waals surface area (Å²) in [6.07, 6.45) is 1.62. The average molecular weight is 269 g/mol. The largest absolute Gasteiger partial charge is 0.455 e. The summed E-state index contributed by atoms with van der Waals surface area (Å²) in [5.74, 6) is 0. The first-order valence-electron chi connectivity index (χ1n) is 4.95. The Labute approximate surface area is 99.2 Å². The lowest BCUT2D eigenvalue weighted by Crippen LogP contribution is -2.02. The Balaban J connectivity index is 2.53. The van der Waals surface area contributed by atoms with Crippen molar-refractivity contribution in [1.82, 2.24) is 0 Å². The maximum Gasteiger partial charge on any atom is 0.455 e. The van der Waals surface area contributed by atoms with Crippen LogP contribution < -0.4 is 0 Å². The number of thioether (sulfide) groups is 2. The molecule has 0 aromatic carbocycles. The topological polar surface area (TPSA) is 47.9 Å². The molecule has 0 unspecified atom stereocenters. The van der Waals surface area contributed by atoms with E-state index in [1.807, 2.05) is 13.8 Å². The highest BCUT2D eigenvalue weighted by Gasteiger charge is 2.27. The van der Waals surface area contributed by atoms with Gasteiger partial charge in [0.2, 0.25) is 0 Å². The molecule has 0 radical (unpaired) electrons. The smallest absolute Gasteiger partial charge is 0.291 e. The molecule has 0 N–H and O–H groups in total. The van der Waals surface area contributed by atoms with Crippen molar-refractivity contribution in [1.29, 1.82) is 0 Å². The van der Waals surface area contributed by atoms with Crippen LogP contribution in [0.1, 0.15) is 26.7 Å². The summed E-state index contributed by atoms with van der Waals surface area (Å²) in [7, 11) is -3.23. The Bertz CT molecular complexity index is 255. The molecule has 0 bridgehead atoms. The Morgan fingerprint density at radius 3 is 2.13 bits per heavy atom. The predicted octanol–water partition coefficient (Wildman–Crippen LogP) is 3.74. The maximum absolute atomic E-state index is 12.1. The van der Waals surface area contributed by atoms with Crippen LogP contribution in [0, 0.1) is 0 Å². The van der Waals surface area contributed by atoms with Gasteiger partial charge in [-0.05, 0) is 12.8 Å². The summed E-state index contributed by atoms with van der Waals surface area (Å²) in [5.41, 5.74) is 0. The summed E-state index contributed by atoms with van der Waals surface area (Å²) in [4.78, 5) is 0. The summed E-state index contributed by atoms with van der Waals surface area (Å²) in [6.45, 7) is 4.77. The zero-order valence-corrected chi connectivity index (χ0v) is 11.5. The van der Waals surface area contributed by atoms with Crippen molar-refractivity contribution in [2.24, 2.45) is 4.76 Å². The predicted molar refractivity (Wildman–Crippen MR) is 67.6 cm³/mol. The first-order valence-corrected chi connectivity index (χ1v) is 8.42. The van der Waals surface area contributed by atoms with E-state index in [1.165, 1.54) is 0 Å². The molecule has 1 aliphatic heterocycles. The van der Waals surface area contributed by atoms with Crippen molar-refractivity contribution in [3.8, 4) is 0 Å². The van der Waals surface area contributed by atoms with E-state index >= 15 is 0 Å². The van der Waals surface area contributed by atoms with Crippen molar-refractivity contribution < 1.29 is 13.6 Å². The molecule has 0 aliphatic carbocycles. The quantitative estimate of drug-likeness (QED) is 0.659. The molecule has 15 heavy (non-hydrogen) atoms. The Kier molecular flexibility index (Phi) is 6.31. The number of hydrogen-bond donors (Lipinski definition) is 0. The number of nitrogens with zero attached hydrogens (tertiary/aromatic N) is 1. The first kappa shape index (κ1) is 13.6. The molecular weight excluding hydrogens is 253 g/mol. The van der Waals surface area contributed by atoms with E-state index in [2.05, 4.69) is 4.76 Å². The lowest BCUT2D eigenvalue weighted by molar-refractivity contribution is 0.205. The number of hydrogen-bond acceptors (Lipinski definition) is 5. The van der Waals surface area contributed by atoms with E-state index in [0.717, 1.165) is 22.3 Å². The monoisotopic (exact) mass is 269 g/mol. The van der Waals surface area contributed by atoms with Gasteiger partial charge in [-0.15, -0.1) is 0 Å². The second-order valence-electron chi connectivity index (χ2n) is 2.91. The van der Waals surface area contributed by atoms with Gasteiger partial charge in [0, 0.05) is 0 Å². The normalized spacial score (nSPS) is 16.3. The molecule has 0 amide bonds. The van der Waals surface area contributed by atoms with E-state index in [0.29, 0.717) is 13.2 Å². The van der Waals surface area contributed by atoms with Crippen molar-refractivity contribution in [2.75, 3.05) is 18.3 Å². The van der Waals surface area contributed by atoms with E-state index < -0.39 is 7.75 Å². The Morgan fingerprint density at radius 1 is 1.27 bits per heavy atom. The van der Waals surface area contributed by atoms with Gasteiger partial charge in [-0.3, -0.25) is 9.05 Å². The second-order valence-corrected chi connectivity index (χ2v) is 7.11. The Hall–Kier alpha value is 0.520.